The van der Waals surface area contributed by atoms with Gasteiger partial charge in [-0.05, 0) is 47.5 Å². The normalized spacial score (nSPS) is 11.3. The lowest BCUT2D eigenvalue weighted by molar-refractivity contribution is 0.0924. The van der Waals surface area contributed by atoms with Crippen LogP contribution in [-0.2, 0) is 6.54 Å². The number of aromatic amines is 2. The molecule has 0 bridgehead atoms. The molecular formula is C26H19N5O2. The van der Waals surface area contributed by atoms with Crippen molar-refractivity contribution in [2.24, 2.45) is 0 Å². The van der Waals surface area contributed by atoms with E-state index in [2.05, 4.69) is 25.3 Å². The first-order chi connectivity index (χ1) is 16.2. The third-order valence-electron chi connectivity index (χ3n) is 5.67. The van der Waals surface area contributed by atoms with E-state index in [1.54, 1.807) is 18.7 Å². The Kier molecular flexibility index (Phi) is 4.51. The Balaban J connectivity index is 1.42. The van der Waals surface area contributed by atoms with E-state index >= 15 is 0 Å². The summed E-state index contributed by atoms with van der Waals surface area (Å²) in [4.78, 5) is 27.8. The zero-order chi connectivity index (χ0) is 22.2. The van der Waals surface area contributed by atoms with E-state index in [4.69, 9.17) is 4.42 Å². The molecule has 6 rings (SSSR count). The van der Waals surface area contributed by atoms with Crippen molar-refractivity contribution >= 4 is 28.0 Å². The molecule has 3 N–H and O–H groups in total. The molecule has 160 valence electrons. The summed E-state index contributed by atoms with van der Waals surface area (Å²) in [6, 6.07) is 23.4. The molecule has 0 saturated heterocycles. The van der Waals surface area contributed by atoms with Crippen LogP contribution in [0.3, 0.4) is 0 Å². The number of hydrogen-bond acceptors (Lipinski definition) is 4. The number of hydrogen-bond donors (Lipinski definition) is 3. The summed E-state index contributed by atoms with van der Waals surface area (Å²) >= 11 is 0. The molecule has 0 aliphatic rings. The van der Waals surface area contributed by atoms with Gasteiger partial charge in [0.25, 0.3) is 5.91 Å². The Morgan fingerprint density at radius 1 is 0.818 bits per heavy atom. The van der Waals surface area contributed by atoms with Gasteiger partial charge < -0.3 is 19.7 Å². The summed E-state index contributed by atoms with van der Waals surface area (Å²) in [5.74, 6) is 0.608. The smallest absolute Gasteiger partial charge is 0.287 e. The van der Waals surface area contributed by atoms with Crippen molar-refractivity contribution in [3.05, 3.63) is 96.8 Å². The molecule has 7 heteroatoms. The third kappa shape index (κ3) is 3.55. The minimum atomic E-state index is -0.267. The molecule has 3 aromatic heterocycles. The van der Waals surface area contributed by atoms with Crippen molar-refractivity contribution < 1.29 is 9.21 Å². The van der Waals surface area contributed by atoms with Crippen LogP contribution in [0.5, 0.6) is 0 Å². The number of H-pyrrole nitrogens is 2. The van der Waals surface area contributed by atoms with Crippen LogP contribution in [0.4, 0.5) is 0 Å². The summed E-state index contributed by atoms with van der Waals surface area (Å²) in [7, 11) is 0. The van der Waals surface area contributed by atoms with Crippen molar-refractivity contribution in [2.75, 3.05) is 0 Å². The molecule has 0 fully saturated rings. The van der Waals surface area contributed by atoms with E-state index in [0.29, 0.717) is 12.3 Å². The molecule has 3 heterocycles. The lowest BCUT2D eigenvalue weighted by Gasteiger charge is -2.04. The predicted octanol–water partition coefficient (Wildman–Crippen LogP) is 5.30. The van der Waals surface area contributed by atoms with Gasteiger partial charge in [-0.2, -0.15) is 0 Å². The first-order valence-corrected chi connectivity index (χ1v) is 10.6. The van der Waals surface area contributed by atoms with Crippen LogP contribution in [-0.4, -0.2) is 25.8 Å². The molecule has 7 nitrogen and oxygen atoms in total. The molecule has 0 spiro atoms. The highest BCUT2D eigenvalue weighted by Crippen LogP contribution is 2.37. The number of carbonyl (C=O) groups excluding carboxylic acids is 1. The molecule has 0 aliphatic heterocycles. The zero-order valence-electron chi connectivity index (χ0n) is 17.5. The Morgan fingerprint density at radius 3 is 2.21 bits per heavy atom. The molecule has 1 amide bonds. The number of nitrogens with zero attached hydrogens (tertiary/aromatic N) is 2. The largest absolute Gasteiger partial charge is 0.450 e. The quantitative estimate of drug-likeness (QED) is 0.344. The summed E-state index contributed by atoms with van der Waals surface area (Å²) < 4.78 is 6.15. The topological polar surface area (TPSA) is 99.6 Å². The zero-order valence-corrected chi connectivity index (χ0v) is 17.5. The number of aromatic nitrogens is 4. The molecule has 0 unspecified atom stereocenters. The fraction of sp³-hybridized carbons (Fsp3) is 0.0385. The van der Waals surface area contributed by atoms with Gasteiger partial charge in [0.05, 0.1) is 34.7 Å². The van der Waals surface area contributed by atoms with Crippen molar-refractivity contribution in [3.63, 3.8) is 0 Å². The second-order valence-electron chi connectivity index (χ2n) is 7.79. The fourth-order valence-corrected chi connectivity index (χ4v) is 3.98. The molecule has 0 atom stereocenters. The van der Waals surface area contributed by atoms with Crippen LogP contribution in [0.25, 0.3) is 44.5 Å². The highest BCUT2D eigenvalue weighted by Gasteiger charge is 2.20. The minimum Gasteiger partial charge on any atom is -0.450 e. The van der Waals surface area contributed by atoms with Crippen LogP contribution >= 0.6 is 0 Å². The Labute approximate surface area is 188 Å². The number of imidazole rings is 2. The van der Waals surface area contributed by atoms with Gasteiger partial charge in [-0.3, -0.25) is 4.79 Å². The minimum absolute atomic E-state index is 0.255. The van der Waals surface area contributed by atoms with Gasteiger partial charge in [-0.1, -0.05) is 36.4 Å². The predicted molar refractivity (Wildman–Crippen MR) is 126 cm³/mol. The van der Waals surface area contributed by atoms with Gasteiger partial charge in [0, 0.05) is 17.7 Å². The Bertz CT molecular complexity index is 1500. The maximum Gasteiger partial charge on any atom is 0.287 e. The summed E-state index contributed by atoms with van der Waals surface area (Å²) in [6.45, 7) is 0.422. The first kappa shape index (κ1) is 19.1. The van der Waals surface area contributed by atoms with Crippen LogP contribution in [0, 0.1) is 0 Å². The van der Waals surface area contributed by atoms with Gasteiger partial charge >= 0.3 is 0 Å². The van der Waals surface area contributed by atoms with Gasteiger partial charge in [0.15, 0.2) is 5.76 Å². The highest BCUT2D eigenvalue weighted by atomic mass is 16.4. The van der Waals surface area contributed by atoms with Gasteiger partial charge in [-0.25, -0.2) is 9.97 Å². The van der Waals surface area contributed by atoms with Crippen molar-refractivity contribution in [1.29, 1.82) is 0 Å². The van der Waals surface area contributed by atoms with Crippen molar-refractivity contribution in [3.8, 4) is 22.5 Å². The molecule has 33 heavy (non-hydrogen) atoms. The van der Waals surface area contributed by atoms with E-state index < -0.39 is 0 Å². The SMILES string of the molecule is O=C(NCc1ccccc1)c1cc(-c2ccc3nc[nH]c3c2)c(-c2ccc3nc[nH]c3c2)o1. The van der Waals surface area contributed by atoms with Gasteiger partial charge in [-0.15, -0.1) is 0 Å². The average molecular weight is 433 g/mol. The van der Waals surface area contributed by atoms with Crippen LogP contribution in [0.1, 0.15) is 16.1 Å². The monoisotopic (exact) mass is 433 g/mol. The van der Waals surface area contributed by atoms with E-state index in [0.717, 1.165) is 44.3 Å². The molecule has 0 aliphatic carbocycles. The number of carbonyl (C=O) groups is 1. The van der Waals surface area contributed by atoms with Crippen LogP contribution in [0.2, 0.25) is 0 Å². The maximum atomic E-state index is 13.0. The molecular weight excluding hydrogens is 414 g/mol. The molecule has 3 aromatic carbocycles. The summed E-state index contributed by atoms with van der Waals surface area (Å²) in [5.41, 5.74) is 7.19. The fourth-order valence-electron chi connectivity index (χ4n) is 3.98. The molecule has 0 saturated carbocycles. The lowest BCUT2D eigenvalue weighted by atomic mass is 10.0. The van der Waals surface area contributed by atoms with E-state index in [9.17, 15) is 4.79 Å². The molecule has 0 radical (unpaired) electrons. The standard InChI is InChI=1S/C26H19N5O2/c32-26(27-13-16-4-2-1-3-5-16)24-12-19(17-6-8-20-22(10-17)30-14-28-20)25(33-24)18-7-9-21-23(11-18)31-15-29-21/h1-12,14-15H,13H2,(H,27,32)(H,28,30)(H,29,31). The average Bonchev–Trinajstić information content (AvgIpc) is 3.61. The highest BCUT2D eigenvalue weighted by molar-refractivity contribution is 5.97. The number of amides is 1. The van der Waals surface area contributed by atoms with E-state index in [1.807, 2.05) is 66.7 Å². The number of rotatable bonds is 5. The lowest BCUT2D eigenvalue weighted by Crippen LogP contribution is -2.22. The van der Waals surface area contributed by atoms with Gasteiger partial charge in [0.2, 0.25) is 0 Å². The first-order valence-electron chi connectivity index (χ1n) is 10.6. The number of fused-ring (bicyclic) bond motifs is 2. The maximum absolute atomic E-state index is 13.0. The summed E-state index contributed by atoms with van der Waals surface area (Å²) in [5, 5.41) is 2.94. The Hall–Kier alpha value is -4.65. The second-order valence-corrected chi connectivity index (χ2v) is 7.79. The van der Waals surface area contributed by atoms with Crippen molar-refractivity contribution in [2.45, 2.75) is 6.54 Å². The number of benzene rings is 3. The number of nitrogens with one attached hydrogen (secondary N) is 3. The van der Waals surface area contributed by atoms with Gasteiger partial charge in [0.1, 0.15) is 5.76 Å². The Morgan fingerprint density at radius 2 is 1.48 bits per heavy atom. The van der Waals surface area contributed by atoms with E-state index in [-0.39, 0.29) is 11.7 Å². The second kappa shape index (κ2) is 7.80. The van der Waals surface area contributed by atoms with Crippen molar-refractivity contribution in [1.82, 2.24) is 25.3 Å². The van der Waals surface area contributed by atoms with Crippen LogP contribution < -0.4 is 5.32 Å². The van der Waals surface area contributed by atoms with E-state index in [1.165, 1.54) is 0 Å². The number of furan rings is 1. The van der Waals surface area contributed by atoms with Crippen LogP contribution in [0.15, 0.2) is 89.9 Å². The summed E-state index contributed by atoms with van der Waals surface area (Å²) in [6.07, 6.45) is 3.32. The third-order valence-corrected chi connectivity index (χ3v) is 5.67. The molecule has 6 aromatic rings.